The number of carboxylic acid groups (broad SMARTS) is 1. The molecule has 3 aromatic rings. The molecule has 2 N–H and O–H groups in total. The number of anilines is 1. The van der Waals surface area contributed by atoms with Crippen molar-refractivity contribution in [3.8, 4) is 17.4 Å². The van der Waals surface area contributed by atoms with Crippen molar-refractivity contribution < 1.29 is 19.1 Å². The molecule has 0 saturated heterocycles. The van der Waals surface area contributed by atoms with Crippen LogP contribution < -0.4 is 5.43 Å². The Morgan fingerprint density at radius 1 is 1.38 bits per heavy atom. The Morgan fingerprint density at radius 3 is 2.90 bits per heavy atom. The van der Waals surface area contributed by atoms with E-state index in [1.54, 1.807) is 43.5 Å². The van der Waals surface area contributed by atoms with Crippen molar-refractivity contribution in [1.29, 1.82) is 5.26 Å². The molecule has 1 aromatic carbocycles. The summed E-state index contributed by atoms with van der Waals surface area (Å²) >= 11 is 0. The highest BCUT2D eigenvalue weighted by Gasteiger charge is 2.14. The monoisotopic (exact) mass is 390 g/mol. The number of aromatic carboxylic acids is 1. The van der Waals surface area contributed by atoms with Crippen LogP contribution in [0.15, 0.2) is 52.0 Å². The third-order valence-electron chi connectivity index (χ3n) is 4.05. The second-order valence-corrected chi connectivity index (χ2v) is 6.11. The number of aromatic nitrogens is 1. The molecule has 0 aliphatic heterocycles. The molecule has 8 nitrogen and oxygen atoms in total. The van der Waals surface area contributed by atoms with Crippen molar-refractivity contribution in [3.05, 3.63) is 70.6 Å². The summed E-state index contributed by atoms with van der Waals surface area (Å²) in [6, 6.07) is 13.8. The molecular weight excluding hydrogens is 372 g/mol. The minimum absolute atomic E-state index is 0.150. The number of ether oxygens (including phenoxy) is 1. The van der Waals surface area contributed by atoms with Crippen LogP contribution >= 0.6 is 0 Å². The number of hydrazone groups is 1. The van der Waals surface area contributed by atoms with E-state index in [1.165, 1.54) is 12.3 Å². The molecule has 0 bridgehead atoms. The normalized spacial score (nSPS) is 10.8. The molecule has 0 radical (unpaired) electrons. The van der Waals surface area contributed by atoms with Gasteiger partial charge in [0.1, 0.15) is 23.2 Å². The van der Waals surface area contributed by atoms with Gasteiger partial charge in [-0.1, -0.05) is 18.2 Å². The Balaban J connectivity index is 1.82. The Hall–Kier alpha value is -3.96. The molecule has 0 spiro atoms. The predicted octanol–water partition coefficient (Wildman–Crippen LogP) is 3.81. The summed E-state index contributed by atoms with van der Waals surface area (Å²) in [7, 11) is 1.55. The van der Waals surface area contributed by atoms with Gasteiger partial charge in [0, 0.05) is 23.9 Å². The van der Waals surface area contributed by atoms with Crippen molar-refractivity contribution in [2.24, 2.45) is 5.10 Å². The first-order chi connectivity index (χ1) is 14.0. The number of benzene rings is 1. The number of carbonyl (C=O) groups is 1. The molecule has 0 fully saturated rings. The van der Waals surface area contributed by atoms with Crippen LogP contribution in [0.4, 0.5) is 5.82 Å². The standard InChI is InChI=1S/C21H18N4O4/c1-13-9-14(12-28-2)18(10-22)20(24-13)25-23-11-15-7-8-19(29-15)16-5-3-4-6-17(16)21(26)27/h3-9,11H,12H2,1-2H3,(H,24,25)(H,26,27)/b23-11-. The van der Waals surface area contributed by atoms with Crippen LogP contribution in [0.3, 0.4) is 0 Å². The van der Waals surface area contributed by atoms with Crippen molar-refractivity contribution in [2.45, 2.75) is 13.5 Å². The molecule has 0 saturated carbocycles. The Labute approximate surface area is 167 Å². The van der Waals surface area contributed by atoms with E-state index in [2.05, 4.69) is 21.6 Å². The van der Waals surface area contributed by atoms with Crippen LogP contribution in [0.1, 0.15) is 32.9 Å². The van der Waals surface area contributed by atoms with Crippen LogP contribution in [-0.4, -0.2) is 29.4 Å². The number of aryl methyl sites for hydroxylation is 1. The van der Waals surface area contributed by atoms with Gasteiger partial charge in [0.15, 0.2) is 5.82 Å². The maximum Gasteiger partial charge on any atom is 0.336 e. The van der Waals surface area contributed by atoms with Crippen LogP contribution in [-0.2, 0) is 11.3 Å². The third kappa shape index (κ3) is 4.48. The second kappa shape index (κ2) is 8.82. The van der Waals surface area contributed by atoms with Gasteiger partial charge in [-0.25, -0.2) is 9.78 Å². The lowest BCUT2D eigenvalue weighted by Crippen LogP contribution is -2.03. The Kier molecular flexibility index (Phi) is 6.02. The van der Waals surface area contributed by atoms with Gasteiger partial charge in [-0.3, -0.25) is 5.43 Å². The van der Waals surface area contributed by atoms with Gasteiger partial charge >= 0.3 is 5.97 Å². The lowest BCUT2D eigenvalue weighted by Gasteiger charge is -2.08. The number of nitriles is 1. The summed E-state index contributed by atoms with van der Waals surface area (Å²) in [6.45, 7) is 2.10. The number of methoxy groups -OCH3 is 1. The highest BCUT2D eigenvalue weighted by molar-refractivity contribution is 5.95. The van der Waals surface area contributed by atoms with Crippen molar-refractivity contribution >= 4 is 18.0 Å². The fraction of sp³-hybridized carbons (Fsp3) is 0.143. The smallest absolute Gasteiger partial charge is 0.336 e. The van der Waals surface area contributed by atoms with E-state index in [-0.39, 0.29) is 12.2 Å². The highest BCUT2D eigenvalue weighted by Crippen LogP contribution is 2.25. The number of pyridine rings is 1. The van der Waals surface area contributed by atoms with E-state index in [4.69, 9.17) is 9.15 Å². The summed E-state index contributed by atoms with van der Waals surface area (Å²) in [6.07, 6.45) is 1.42. The van der Waals surface area contributed by atoms with Gasteiger partial charge < -0.3 is 14.3 Å². The summed E-state index contributed by atoms with van der Waals surface area (Å²) in [5.41, 5.74) is 5.17. The van der Waals surface area contributed by atoms with E-state index in [1.807, 2.05) is 6.92 Å². The van der Waals surface area contributed by atoms with Gasteiger partial charge in [0.25, 0.3) is 0 Å². The van der Waals surface area contributed by atoms with Gasteiger partial charge in [-0.2, -0.15) is 10.4 Å². The Morgan fingerprint density at radius 2 is 2.17 bits per heavy atom. The van der Waals surface area contributed by atoms with Crippen molar-refractivity contribution in [1.82, 2.24) is 4.98 Å². The molecule has 0 aliphatic rings. The average molecular weight is 390 g/mol. The number of nitrogens with zero attached hydrogens (tertiary/aromatic N) is 3. The number of nitrogens with one attached hydrogen (secondary N) is 1. The van der Waals surface area contributed by atoms with Crippen molar-refractivity contribution in [2.75, 3.05) is 12.5 Å². The van der Waals surface area contributed by atoms with Crippen LogP contribution in [0, 0.1) is 18.3 Å². The number of furan rings is 1. The summed E-state index contributed by atoms with van der Waals surface area (Å²) < 4.78 is 10.8. The molecule has 2 heterocycles. The largest absolute Gasteiger partial charge is 0.478 e. The fourth-order valence-corrected chi connectivity index (χ4v) is 2.82. The topological polar surface area (TPSA) is 121 Å². The summed E-state index contributed by atoms with van der Waals surface area (Å²) in [5.74, 6) is 0.114. The highest BCUT2D eigenvalue weighted by atomic mass is 16.5. The average Bonchev–Trinajstić information content (AvgIpc) is 3.17. The minimum Gasteiger partial charge on any atom is -0.478 e. The molecule has 3 rings (SSSR count). The molecule has 0 atom stereocenters. The van der Waals surface area contributed by atoms with E-state index in [0.717, 1.165) is 5.69 Å². The van der Waals surface area contributed by atoms with Gasteiger partial charge in [0.2, 0.25) is 0 Å². The summed E-state index contributed by atoms with van der Waals surface area (Å²) in [4.78, 5) is 15.7. The zero-order valence-electron chi connectivity index (χ0n) is 15.8. The minimum atomic E-state index is -1.03. The van der Waals surface area contributed by atoms with Crippen LogP contribution in [0.25, 0.3) is 11.3 Å². The first-order valence-electron chi connectivity index (χ1n) is 8.64. The lowest BCUT2D eigenvalue weighted by molar-refractivity contribution is 0.0697. The van der Waals surface area contributed by atoms with Gasteiger partial charge in [-0.15, -0.1) is 0 Å². The van der Waals surface area contributed by atoms with E-state index in [0.29, 0.717) is 34.0 Å². The lowest BCUT2D eigenvalue weighted by atomic mass is 10.1. The van der Waals surface area contributed by atoms with E-state index < -0.39 is 5.97 Å². The maximum absolute atomic E-state index is 11.4. The molecule has 0 aliphatic carbocycles. The quantitative estimate of drug-likeness (QED) is 0.465. The van der Waals surface area contributed by atoms with E-state index >= 15 is 0 Å². The Bertz CT molecular complexity index is 1110. The molecule has 0 unspecified atom stereocenters. The molecule has 0 amide bonds. The summed E-state index contributed by atoms with van der Waals surface area (Å²) in [5, 5.41) is 22.8. The van der Waals surface area contributed by atoms with Gasteiger partial charge in [0.05, 0.1) is 18.4 Å². The third-order valence-corrected chi connectivity index (χ3v) is 4.05. The molecule has 8 heteroatoms. The fourth-order valence-electron chi connectivity index (χ4n) is 2.82. The first kappa shape index (κ1) is 19.8. The first-order valence-corrected chi connectivity index (χ1v) is 8.64. The number of carboxylic acids is 1. The van der Waals surface area contributed by atoms with Crippen LogP contribution in [0.5, 0.6) is 0 Å². The predicted molar refractivity (Wildman–Crippen MR) is 107 cm³/mol. The van der Waals surface area contributed by atoms with Gasteiger partial charge in [-0.05, 0) is 31.2 Å². The molecule has 29 heavy (non-hydrogen) atoms. The zero-order valence-corrected chi connectivity index (χ0v) is 15.8. The molecule has 146 valence electrons. The van der Waals surface area contributed by atoms with Crippen molar-refractivity contribution in [3.63, 3.8) is 0 Å². The number of hydrogen-bond acceptors (Lipinski definition) is 7. The second-order valence-electron chi connectivity index (χ2n) is 6.11. The maximum atomic E-state index is 11.4. The number of hydrogen-bond donors (Lipinski definition) is 2. The molecular formula is C21H18N4O4. The number of rotatable bonds is 7. The van der Waals surface area contributed by atoms with E-state index in [9.17, 15) is 15.2 Å². The molecule has 2 aromatic heterocycles. The SMILES string of the molecule is COCc1cc(C)nc(N/N=C\c2ccc(-c3ccccc3C(=O)O)o2)c1C#N. The zero-order chi connectivity index (χ0) is 20.8. The van der Waals surface area contributed by atoms with Crippen LogP contribution in [0.2, 0.25) is 0 Å².